The zero-order valence-electron chi connectivity index (χ0n) is 21.2. The number of rotatable bonds is 7. The third kappa shape index (κ3) is 4.49. The number of nitrogens with one attached hydrogen (secondary N) is 1. The highest BCUT2D eigenvalue weighted by atomic mass is 32.1. The molecule has 2 bridgehead atoms. The molecule has 3 aliphatic carbocycles. The largest absolute Gasteiger partial charge is 0.481 e. The van der Waals surface area contributed by atoms with Crippen LogP contribution < -0.4 is 0 Å². The van der Waals surface area contributed by atoms with Crippen molar-refractivity contribution in [3.63, 3.8) is 0 Å². The van der Waals surface area contributed by atoms with Crippen LogP contribution in [0.3, 0.4) is 0 Å². The molecule has 10 heteroatoms. The summed E-state index contributed by atoms with van der Waals surface area (Å²) in [6.45, 7) is 0.718. The Morgan fingerprint density at radius 2 is 1.92 bits per heavy atom. The second-order valence-electron chi connectivity index (χ2n) is 10.9. The van der Waals surface area contributed by atoms with Crippen molar-refractivity contribution in [1.82, 2.24) is 24.8 Å². The van der Waals surface area contributed by atoms with Crippen molar-refractivity contribution in [2.45, 2.75) is 38.6 Å². The van der Waals surface area contributed by atoms with Gasteiger partial charge in [0.15, 0.2) is 11.6 Å². The highest BCUT2D eigenvalue weighted by molar-refractivity contribution is 7.10. The maximum Gasteiger partial charge on any atom is 0.307 e. The van der Waals surface area contributed by atoms with Crippen LogP contribution in [0.25, 0.3) is 33.7 Å². The summed E-state index contributed by atoms with van der Waals surface area (Å²) >= 11 is 1.53. The second-order valence-corrected chi connectivity index (χ2v) is 11.9. The number of carboxylic acid groups (broad SMARTS) is 1. The average Bonchev–Trinajstić information content (AvgIpc) is 3.52. The van der Waals surface area contributed by atoms with E-state index in [0.29, 0.717) is 22.2 Å². The molecule has 3 aliphatic rings. The molecule has 0 aliphatic heterocycles. The van der Waals surface area contributed by atoms with Gasteiger partial charge in [0.1, 0.15) is 17.2 Å². The molecule has 4 aromatic heterocycles. The molecule has 4 heterocycles. The molecule has 38 heavy (non-hydrogen) atoms. The van der Waals surface area contributed by atoms with Gasteiger partial charge in [-0.05, 0) is 76.1 Å². The van der Waals surface area contributed by atoms with E-state index >= 15 is 4.39 Å². The summed E-state index contributed by atoms with van der Waals surface area (Å²) in [4.78, 5) is 31.8. The molecular formula is C28H29F2N5O2S. The van der Waals surface area contributed by atoms with Crippen molar-refractivity contribution in [3.8, 4) is 22.6 Å². The third-order valence-corrected chi connectivity index (χ3v) is 9.08. The summed E-state index contributed by atoms with van der Waals surface area (Å²) in [6, 6.07) is 3.29. The normalized spacial score (nSPS) is 23.0. The van der Waals surface area contributed by atoms with Gasteiger partial charge in [-0.2, -0.15) is 0 Å². The summed E-state index contributed by atoms with van der Waals surface area (Å²) < 4.78 is 30.3. The van der Waals surface area contributed by atoms with Crippen LogP contribution in [0.4, 0.5) is 8.78 Å². The number of halogens is 2. The van der Waals surface area contributed by atoms with Crippen molar-refractivity contribution < 1.29 is 18.7 Å². The first-order chi connectivity index (χ1) is 18.3. The molecule has 0 saturated heterocycles. The predicted octanol–water partition coefficient (Wildman–Crippen LogP) is 5.77. The van der Waals surface area contributed by atoms with E-state index in [-0.39, 0.29) is 41.4 Å². The number of hydrogen-bond acceptors (Lipinski definition) is 6. The minimum Gasteiger partial charge on any atom is -0.481 e. The highest BCUT2D eigenvalue weighted by Crippen LogP contribution is 2.50. The van der Waals surface area contributed by atoms with Gasteiger partial charge in [0.05, 0.1) is 17.8 Å². The lowest BCUT2D eigenvalue weighted by atomic mass is 9.57. The van der Waals surface area contributed by atoms with Crippen LogP contribution in [-0.4, -0.2) is 50.0 Å². The Hall–Kier alpha value is -3.24. The molecule has 3 saturated carbocycles. The lowest BCUT2D eigenvalue weighted by Crippen LogP contribution is -2.45. The van der Waals surface area contributed by atoms with Gasteiger partial charge >= 0.3 is 5.97 Å². The van der Waals surface area contributed by atoms with Crippen LogP contribution in [0.1, 0.15) is 36.3 Å². The van der Waals surface area contributed by atoms with Gasteiger partial charge in [0.25, 0.3) is 0 Å². The topological polar surface area (TPSA) is 95.0 Å². The molecule has 2 N–H and O–H groups in total. The summed E-state index contributed by atoms with van der Waals surface area (Å²) in [5.41, 5.74) is 2.05. The number of aromatic amines is 1. The summed E-state index contributed by atoms with van der Waals surface area (Å²) in [6.07, 6.45) is 6.79. The van der Waals surface area contributed by atoms with Gasteiger partial charge in [-0.15, -0.1) is 11.3 Å². The molecule has 0 spiro atoms. The van der Waals surface area contributed by atoms with Crippen molar-refractivity contribution in [2.75, 3.05) is 14.1 Å². The maximum atomic E-state index is 16.2. The number of carboxylic acids is 1. The van der Waals surface area contributed by atoms with Crippen LogP contribution >= 0.6 is 11.3 Å². The first kappa shape index (κ1) is 25.1. The zero-order valence-corrected chi connectivity index (χ0v) is 22.1. The van der Waals surface area contributed by atoms with Gasteiger partial charge in [-0.1, -0.05) is 0 Å². The van der Waals surface area contributed by atoms with Crippen LogP contribution in [0.5, 0.6) is 0 Å². The standard InChI is InChI=1S/C28H29F2N5O2S/c1-35(2)12-18-7-16(13-38-18)25-24(30)22(9-19-14-3-5-15(6-4-14)23(19)28(36)37)33-27(34-25)21-11-32-26-20(21)8-17(29)10-31-26/h7-8,10-11,13-15,19,23H,3-6,9,12H2,1-2H3,(H,31,32)(H,36,37)/t14?,15?,19-,23-/m0/s1. The molecule has 0 amide bonds. The van der Waals surface area contributed by atoms with E-state index in [4.69, 9.17) is 0 Å². The Morgan fingerprint density at radius 1 is 1.16 bits per heavy atom. The van der Waals surface area contributed by atoms with E-state index in [1.807, 2.05) is 30.4 Å². The smallest absolute Gasteiger partial charge is 0.307 e. The van der Waals surface area contributed by atoms with Gasteiger partial charge < -0.3 is 15.0 Å². The molecule has 3 fully saturated rings. The van der Waals surface area contributed by atoms with E-state index in [0.717, 1.165) is 43.3 Å². The Morgan fingerprint density at radius 3 is 2.66 bits per heavy atom. The average molecular weight is 538 g/mol. The Kier molecular flexibility index (Phi) is 6.47. The van der Waals surface area contributed by atoms with E-state index in [2.05, 4.69) is 19.9 Å². The summed E-state index contributed by atoms with van der Waals surface area (Å²) in [5.74, 6) is -1.86. The highest BCUT2D eigenvalue weighted by Gasteiger charge is 2.47. The van der Waals surface area contributed by atoms with Crippen molar-refractivity contribution in [1.29, 1.82) is 0 Å². The quantitative estimate of drug-likeness (QED) is 0.311. The number of aromatic nitrogens is 4. The third-order valence-electron chi connectivity index (χ3n) is 8.16. The van der Waals surface area contributed by atoms with Crippen molar-refractivity contribution in [2.24, 2.45) is 23.7 Å². The van der Waals surface area contributed by atoms with Crippen molar-refractivity contribution >= 4 is 28.3 Å². The summed E-state index contributed by atoms with van der Waals surface area (Å²) in [7, 11) is 3.95. The monoisotopic (exact) mass is 537 g/mol. The number of thiophene rings is 1. The molecule has 0 unspecified atom stereocenters. The zero-order chi connectivity index (χ0) is 26.6. The molecule has 0 radical (unpaired) electrons. The molecule has 2 atom stereocenters. The summed E-state index contributed by atoms with van der Waals surface area (Å²) in [5, 5.41) is 12.5. The lowest BCUT2D eigenvalue weighted by Gasteiger charge is -2.46. The van der Waals surface area contributed by atoms with Crippen LogP contribution in [0.15, 0.2) is 29.9 Å². The van der Waals surface area contributed by atoms with Crippen LogP contribution in [-0.2, 0) is 17.8 Å². The van der Waals surface area contributed by atoms with E-state index in [1.165, 1.54) is 17.4 Å². The van der Waals surface area contributed by atoms with Gasteiger partial charge in [0.2, 0.25) is 0 Å². The first-order valence-electron chi connectivity index (χ1n) is 12.9. The second kappa shape index (κ2) is 9.81. The fraction of sp³-hybridized carbons (Fsp3) is 0.429. The lowest BCUT2D eigenvalue weighted by molar-refractivity contribution is -0.152. The number of aliphatic carboxylic acids is 1. The molecule has 198 valence electrons. The van der Waals surface area contributed by atoms with E-state index in [9.17, 15) is 14.3 Å². The Balaban J connectivity index is 1.48. The van der Waals surface area contributed by atoms with Crippen LogP contribution in [0.2, 0.25) is 0 Å². The molecule has 0 aromatic carbocycles. The van der Waals surface area contributed by atoms with Crippen LogP contribution in [0, 0.1) is 35.3 Å². The minimum absolute atomic E-state index is 0.125. The van der Waals surface area contributed by atoms with E-state index < -0.39 is 23.5 Å². The fourth-order valence-corrected chi connectivity index (χ4v) is 7.47. The molecular weight excluding hydrogens is 508 g/mol. The van der Waals surface area contributed by atoms with Gasteiger partial charge in [0, 0.05) is 39.5 Å². The minimum atomic E-state index is -0.802. The first-order valence-corrected chi connectivity index (χ1v) is 13.8. The number of carbonyl (C=O) groups is 1. The number of nitrogens with zero attached hydrogens (tertiary/aromatic N) is 4. The molecule has 4 aromatic rings. The SMILES string of the molecule is CN(C)Cc1cc(-c2nc(-c3c[nH]c4ncc(F)cc34)nc(C[C@H]3C4CCC(CC4)[C@@H]3C(=O)O)c2F)cs1. The Labute approximate surface area is 223 Å². The predicted molar refractivity (Wildman–Crippen MR) is 142 cm³/mol. The maximum absolute atomic E-state index is 16.2. The van der Waals surface area contributed by atoms with Crippen molar-refractivity contribution in [3.05, 3.63) is 52.1 Å². The molecule has 7 nitrogen and oxygen atoms in total. The van der Waals surface area contributed by atoms with Gasteiger partial charge in [-0.25, -0.2) is 23.7 Å². The number of pyridine rings is 1. The number of H-pyrrole nitrogens is 1. The van der Waals surface area contributed by atoms with E-state index in [1.54, 1.807) is 6.20 Å². The number of fused-ring (bicyclic) bond motifs is 4. The van der Waals surface area contributed by atoms with Gasteiger partial charge in [-0.3, -0.25) is 4.79 Å². The fourth-order valence-electron chi connectivity index (χ4n) is 6.48. The number of hydrogen-bond donors (Lipinski definition) is 2. The molecule has 7 rings (SSSR count). The Bertz CT molecular complexity index is 1510.